The van der Waals surface area contributed by atoms with Crippen LogP contribution in [0.15, 0.2) is 12.4 Å². The molecule has 0 bridgehead atoms. The fourth-order valence-corrected chi connectivity index (χ4v) is 1.98. The van der Waals surface area contributed by atoms with E-state index in [2.05, 4.69) is 23.5 Å². The van der Waals surface area contributed by atoms with Gasteiger partial charge in [-0.1, -0.05) is 6.92 Å². The van der Waals surface area contributed by atoms with Gasteiger partial charge in [-0.2, -0.15) is 5.10 Å². The Balaban J connectivity index is 1.90. The first-order valence-corrected chi connectivity index (χ1v) is 5.58. The Morgan fingerprint density at radius 1 is 1.67 bits per heavy atom. The van der Waals surface area contributed by atoms with Crippen molar-refractivity contribution < 1.29 is 4.79 Å². The third-order valence-corrected chi connectivity index (χ3v) is 2.71. The zero-order chi connectivity index (χ0) is 10.7. The molecule has 82 valence electrons. The number of amides is 1. The minimum absolute atomic E-state index is 0.181. The molecule has 1 atom stereocenters. The summed E-state index contributed by atoms with van der Waals surface area (Å²) in [7, 11) is 0. The molecule has 1 unspecified atom stereocenters. The standard InChI is InChI=1S/C11H17N3O/c1-2-5-14-8-9(7-12-14)6-10-3-4-11(15)13-10/h7-8,10H,2-6H2,1H3,(H,13,15). The molecule has 1 saturated heterocycles. The normalized spacial score (nSPS) is 20.6. The molecular formula is C11H17N3O. The van der Waals surface area contributed by atoms with Crippen molar-refractivity contribution in [2.45, 2.75) is 45.2 Å². The van der Waals surface area contributed by atoms with Crippen LogP contribution in [0.2, 0.25) is 0 Å². The Morgan fingerprint density at radius 2 is 2.53 bits per heavy atom. The van der Waals surface area contributed by atoms with Gasteiger partial charge in [0.2, 0.25) is 5.91 Å². The van der Waals surface area contributed by atoms with Gasteiger partial charge in [-0.25, -0.2) is 0 Å². The van der Waals surface area contributed by atoms with Gasteiger partial charge >= 0.3 is 0 Å². The Labute approximate surface area is 89.7 Å². The number of carbonyl (C=O) groups is 1. The lowest BCUT2D eigenvalue weighted by molar-refractivity contribution is -0.119. The summed E-state index contributed by atoms with van der Waals surface area (Å²) in [5.41, 5.74) is 1.22. The fraction of sp³-hybridized carbons (Fsp3) is 0.636. The van der Waals surface area contributed by atoms with Gasteiger partial charge in [0, 0.05) is 25.2 Å². The number of hydrogen-bond donors (Lipinski definition) is 1. The van der Waals surface area contributed by atoms with E-state index < -0.39 is 0 Å². The van der Waals surface area contributed by atoms with E-state index in [1.807, 2.05) is 10.9 Å². The monoisotopic (exact) mass is 207 g/mol. The summed E-state index contributed by atoms with van der Waals surface area (Å²) in [5.74, 6) is 0.181. The van der Waals surface area contributed by atoms with Gasteiger partial charge in [0.05, 0.1) is 6.20 Å². The molecule has 4 heteroatoms. The van der Waals surface area contributed by atoms with Crippen LogP contribution >= 0.6 is 0 Å². The number of nitrogens with one attached hydrogen (secondary N) is 1. The molecule has 1 aliphatic rings. The second kappa shape index (κ2) is 4.47. The molecule has 1 N–H and O–H groups in total. The molecule has 1 aromatic heterocycles. The average molecular weight is 207 g/mol. The molecule has 2 rings (SSSR count). The third kappa shape index (κ3) is 2.58. The van der Waals surface area contributed by atoms with Crippen LogP contribution < -0.4 is 5.32 Å². The van der Waals surface area contributed by atoms with E-state index in [9.17, 15) is 4.79 Å². The van der Waals surface area contributed by atoms with Crippen LogP contribution in [0.4, 0.5) is 0 Å². The van der Waals surface area contributed by atoms with Crippen molar-refractivity contribution in [3.8, 4) is 0 Å². The van der Waals surface area contributed by atoms with E-state index in [4.69, 9.17) is 0 Å². The van der Waals surface area contributed by atoms with Crippen molar-refractivity contribution in [2.75, 3.05) is 0 Å². The molecule has 0 aromatic carbocycles. The molecule has 1 fully saturated rings. The largest absolute Gasteiger partial charge is 0.353 e. The molecule has 1 amide bonds. The molecule has 4 nitrogen and oxygen atoms in total. The van der Waals surface area contributed by atoms with Crippen molar-refractivity contribution in [3.05, 3.63) is 18.0 Å². The van der Waals surface area contributed by atoms with Crippen LogP contribution in [-0.4, -0.2) is 21.7 Å². The maximum absolute atomic E-state index is 11.0. The molecule has 15 heavy (non-hydrogen) atoms. The van der Waals surface area contributed by atoms with Crippen LogP contribution in [0.3, 0.4) is 0 Å². The summed E-state index contributed by atoms with van der Waals surface area (Å²) in [6.07, 6.45) is 7.62. The summed E-state index contributed by atoms with van der Waals surface area (Å²) >= 11 is 0. The second-order valence-corrected chi connectivity index (χ2v) is 4.12. The third-order valence-electron chi connectivity index (χ3n) is 2.71. The SMILES string of the molecule is CCCn1cc(CC2CCC(=O)N2)cn1. The van der Waals surface area contributed by atoms with E-state index in [0.717, 1.165) is 25.8 Å². The number of hydrogen-bond acceptors (Lipinski definition) is 2. The molecule has 1 aliphatic heterocycles. The predicted molar refractivity (Wildman–Crippen MR) is 57.4 cm³/mol. The maximum Gasteiger partial charge on any atom is 0.220 e. The van der Waals surface area contributed by atoms with Crippen LogP contribution in [0.1, 0.15) is 31.7 Å². The minimum Gasteiger partial charge on any atom is -0.353 e. The van der Waals surface area contributed by atoms with Crippen LogP contribution in [0, 0.1) is 0 Å². The number of nitrogens with zero attached hydrogens (tertiary/aromatic N) is 2. The van der Waals surface area contributed by atoms with E-state index >= 15 is 0 Å². The molecule has 0 spiro atoms. The van der Waals surface area contributed by atoms with Crippen LogP contribution in [0.25, 0.3) is 0 Å². The van der Waals surface area contributed by atoms with Crippen LogP contribution in [-0.2, 0) is 17.8 Å². The highest BCUT2D eigenvalue weighted by Crippen LogP contribution is 2.12. The zero-order valence-corrected chi connectivity index (χ0v) is 9.07. The first-order chi connectivity index (χ1) is 7.28. The highest BCUT2D eigenvalue weighted by Gasteiger charge is 2.21. The van der Waals surface area contributed by atoms with Gasteiger partial charge in [-0.15, -0.1) is 0 Å². The van der Waals surface area contributed by atoms with Gasteiger partial charge in [0.15, 0.2) is 0 Å². The van der Waals surface area contributed by atoms with Crippen molar-refractivity contribution in [1.29, 1.82) is 0 Å². The van der Waals surface area contributed by atoms with Gasteiger partial charge in [0.1, 0.15) is 0 Å². The van der Waals surface area contributed by atoms with Gasteiger partial charge in [0.25, 0.3) is 0 Å². The Hall–Kier alpha value is -1.32. The van der Waals surface area contributed by atoms with Crippen LogP contribution in [0.5, 0.6) is 0 Å². The molecule has 2 heterocycles. The smallest absolute Gasteiger partial charge is 0.220 e. The van der Waals surface area contributed by atoms with Crippen molar-refractivity contribution in [3.63, 3.8) is 0 Å². The van der Waals surface area contributed by atoms with Crippen molar-refractivity contribution in [1.82, 2.24) is 15.1 Å². The highest BCUT2D eigenvalue weighted by atomic mass is 16.1. The van der Waals surface area contributed by atoms with E-state index in [1.54, 1.807) is 0 Å². The van der Waals surface area contributed by atoms with E-state index in [0.29, 0.717) is 12.5 Å². The minimum atomic E-state index is 0.181. The number of aromatic nitrogens is 2. The molecule has 0 aliphatic carbocycles. The summed E-state index contributed by atoms with van der Waals surface area (Å²) in [6, 6.07) is 0.316. The number of carbonyl (C=O) groups excluding carboxylic acids is 1. The summed E-state index contributed by atoms with van der Waals surface area (Å²) < 4.78 is 1.96. The Bertz CT molecular complexity index is 345. The second-order valence-electron chi connectivity index (χ2n) is 4.12. The Morgan fingerprint density at radius 3 is 3.20 bits per heavy atom. The summed E-state index contributed by atoms with van der Waals surface area (Å²) in [4.78, 5) is 11.0. The first kappa shape index (κ1) is 10.2. The zero-order valence-electron chi connectivity index (χ0n) is 9.07. The molecule has 0 radical (unpaired) electrons. The van der Waals surface area contributed by atoms with Crippen molar-refractivity contribution in [2.24, 2.45) is 0 Å². The van der Waals surface area contributed by atoms with Crippen molar-refractivity contribution >= 4 is 5.91 Å². The highest BCUT2D eigenvalue weighted by molar-refractivity contribution is 5.78. The topological polar surface area (TPSA) is 46.9 Å². The van der Waals surface area contributed by atoms with Gasteiger partial charge in [-0.05, 0) is 24.8 Å². The molecular weight excluding hydrogens is 190 g/mol. The Kier molecular flexibility index (Phi) is 3.04. The van der Waals surface area contributed by atoms with Gasteiger partial charge < -0.3 is 5.32 Å². The average Bonchev–Trinajstić information content (AvgIpc) is 2.78. The van der Waals surface area contributed by atoms with E-state index in [1.165, 1.54) is 5.56 Å². The predicted octanol–water partition coefficient (Wildman–Crippen LogP) is 1.11. The lowest BCUT2D eigenvalue weighted by Crippen LogP contribution is -2.26. The molecule has 0 saturated carbocycles. The lowest BCUT2D eigenvalue weighted by atomic mass is 10.1. The summed E-state index contributed by atoms with van der Waals surface area (Å²) in [5, 5.41) is 7.24. The lowest BCUT2D eigenvalue weighted by Gasteiger charge is -2.06. The fourth-order valence-electron chi connectivity index (χ4n) is 1.98. The maximum atomic E-state index is 11.0. The quantitative estimate of drug-likeness (QED) is 0.804. The number of rotatable bonds is 4. The molecule has 1 aromatic rings. The van der Waals surface area contributed by atoms with E-state index in [-0.39, 0.29) is 5.91 Å². The first-order valence-electron chi connectivity index (χ1n) is 5.58. The number of aryl methyl sites for hydroxylation is 1. The summed E-state index contributed by atoms with van der Waals surface area (Å²) in [6.45, 7) is 3.11. The van der Waals surface area contributed by atoms with Gasteiger partial charge in [-0.3, -0.25) is 9.48 Å².